The Morgan fingerprint density at radius 2 is 1.96 bits per heavy atom. The Labute approximate surface area is 135 Å². The van der Waals surface area contributed by atoms with E-state index in [-0.39, 0.29) is 24.9 Å². The summed E-state index contributed by atoms with van der Waals surface area (Å²) < 4.78 is 10.5. The highest BCUT2D eigenvalue weighted by atomic mass is 16.5. The van der Waals surface area contributed by atoms with Crippen LogP contribution in [0.3, 0.4) is 0 Å². The molecule has 0 saturated heterocycles. The normalized spacial score (nSPS) is 13.4. The molecule has 7 nitrogen and oxygen atoms in total. The van der Waals surface area contributed by atoms with Crippen LogP contribution >= 0.6 is 0 Å². The van der Waals surface area contributed by atoms with Gasteiger partial charge in [-0.25, -0.2) is 0 Å². The van der Waals surface area contributed by atoms with E-state index in [1.165, 1.54) is 12.0 Å². The molecule has 23 heavy (non-hydrogen) atoms. The Bertz CT molecular complexity index is 601. The molecule has 0 radical (unpaired) electrons. The smallest absolute Gasteiger partial charge is 0.246 e. The second kappa shape index (κ2) is 7.21. The maximum atomic E-state index is 12.2. The average Bonchev–Trinajstić information content (AvgIpc) is 2.54. The molecule has 0 bridgehead atoms. The van der Waals surface area contributed by atoms with Crippen molar-refractivity contribution in [3.63, 3.8) is 0 Å². The third-order valence-corrected chi connectivity index (χ3v) is 3.53. The molecule has 0 unspecified atom stereocenters. The molecule has 0 atom stereocenters. The molecule has 0 saturated carbocycles. The Morgan fingerprint density at radius 1 is 1.30 bits per heavy atom. The first-order valence-corrected chi connectivity index (χ1v) is 7.53. The van der Waals surface area contributed by atoms with Crippen LogP contribution in [0.5, 0.6) is 11.5 Å². The van der Waals surface area contributed by atoms with Crippen LogP contribution in [0.4, 0.5) is 11.4 Å². The average molecular weight is 321 g/mol. The summed E-state index contributed by atoms with van der Waals surface area (Å²) in [6, 6.07) is 3.47. The number of hydrogen-bond donors (Lipinski definition) is 2. The van der Waals surface area contributed by atoms with Crippen LogP contribution in [-0.4, -0.2) is 45.7 Å². The fraction of sp³-hybridized carbons (Fsp3) is 0.500. The largest absolute Gasteiger partial charge is 0.493 e. The molecular weight excluding hydrogens is 298 g/mol. The third kappa shape index (κ3) is 3.85. The molecule has 1 aliphatic heterocycles. The van der Waals surface area contributed by atoms with E-state index in [1.807, 2.05) is 13.8 Å². The summed E-state index contributed by atoms with van der Waals surface area (Å²) in [5.41, 5.74) is 1.34. The van der Waals surface area contributed by atoms with Gasteiger partial charge in [-0.15, -0.1) is 0 Å². The third-order valence-electron chi connectivity index (χ3n) is 3.53. The molecule has 126 valence electrons. The predicted molar refractivity (Wildman–Crippen MR) is 88.2 cm³/mol. The zero-order valence-electron chi connectivity index (χ0n) is 13.9. The van der Waals surface area contributed by atoms with Gasteiger partial charge < -0.3 is 20.1 Å². The molecule has 1 heterocycles. The number of ether oxygens (including phenoxy) is 2. The van der Waals surface area contributed by atoms with Crippen LogP contribution in [0.2, 0.25) is 0 Å². The molecule has 0 aliphatic carbocycles. The van der Waals surface area contributed by atoms with Crippen molar-refractivity contribution in [3.8, 4) is 11.5 Å². The first-order chi connectivity index (χ1) is 11.0. The monoisotopic (exact) mass is 321 g/mol. The van der Waals surface area contributed by atoms with E-state index in [0.717, 1.165) is 5.69 Å². The number of anilines is 2. The van der Waals surface area contributed by atoms with Crippen molar-refractivity contribution in [2.45, 2.75) is 13.8 Å². The highest BCUT2D eigenvalue weighted by Crippen LogP contribution is 2.39. The van der Waals surface area contributed by atoms with E-state index < -0.39 is 0 Å². The molecule has 1 aromatic carbocycles. The quantitative estimate of drug-likeness (QED) is 0.824. The fourth-order valence-electron chi connectivity index (χ4n) is 2.32. The Morgan fingerprint density at radius 3 is 2.57 bits per heavy atom. The SMILES string of the molecule is COc1cc2c(cc1OC)N(CC(=O)NCC(C)C)C(=O)CN2. The number of carbonyl (C=O) groups excluding carboxylic acids is 2. The van der Waals surface area contributed by atoms with Crippen molar-refractivity contribution in [1.29, 1.82) is 0 Å². The molecular formula is C16H23N3O4. The summed E-state index contributed by atoms with van der Waals surface area (Å²) in [6.45, 7) is 4.74. The van der Waals surface area contributed by atoms with Gasteiger partial charge in [-0.3, -0.25) is 14.5 Å². The zero-order chi connectivity index (χ0) is 17.0. The van der Waals surface area contributed by atoms with E-state index in [9.17, 15) is 9.59 Å². The van der Waals surface area contributed by atoms with Gasteiger partial charge in [0.05, 0.1) is 32.1 Å². The minimum Gasteiger partial charge on any atom is -0.493 e. The number of amides is 2. The Hall–Kier alpha value is -2.44. The minimum absolute atomic E-state index is 0.0181. The van der Waals surface area contributed by atoms with Crippen molar-refractivity contribution in [3.05, 3.63) is 12.1 Å². The Balaban J connectivity index is 2.25. The number of nitrogens with one attached hydrogen (secondary N) is 2. The molecule has 0 spiro atoms. The lowest BCUT2D eigenvalue weighted by atomic mass is 10.1. The van der Waals surface area contributed by atoms with Crippen molar-refractivity contribution in [1.82, 2.24) is 5.32 Å². The fourth-order valence-corrected chi connectivity index (χ4v) is 2.32. The number of methoxy groups -OCH3 is 2. The number of rotatable bonds is 6. The van der Waals surface area contributed by atoms with Gasteiger partial charge in [-0.05, 0) is 5.92 Å². The van der Waals surface area contributed by atoms with Crippen LogP contribution in [-0.2, 0) is 9.59 Å². The molecule has 2 rings (SSSR count). The van der Waals surface area contributed by atoms with E-state index in [2.05, 4.69) is 10.6 Å². The highest BCUT2D eigenvalue weighted by Gasteiger charge is 2.27. The summed E-state index contributed by atoms with van der Waals surface area (Å²) >= 11 is 0. The molecule has 0 fully saturated rings. The summed E-state index contributed by atoms with van der Waals surface area (Å²) in [5.74, 6) is 1.08. The van der Waals surface area contributed by atoms with Gasteiger partial charge in [0.25, 0.3) is 0 Å². The molecule has 1 aromatic rings. The zero-order valence-corrected chi connectivity index (χ0v) is 13.9. The topological polar surface area (TPSA) is 79.9 Å². The van der Waals surface area contributed by atoms with Gasteiger partial charge in [-0.2, -0.15) is 0 Å². The van der Waals surface area contributed by atoms with E-state index in [4.69, 9.17) is 9.47 Å². The van der Waals surface area contributed by atoms with Crippen molar-refractivity contribution >= 4 is 23.2 Å². The summed E-state index contributed by atoms with van der Waals surface area (Å²) in [7, 11) is 3.08. The molecule has 7 heteroatoms. The van der Waals surface area contributed by atoms with Crippen molar-refractivity contribution in [2.24, 2.45) is 5.92 Å². The number of benzene rings is 1. The lowest BCUT2D eigenvalue weighted by Gasteiger charge is -2.30. The second-order valence-electron chi connectivity index (χ2n) is 5.76. The van der Waals surface area contributed by atoms with Gasteiger partial charge >= 0.3 is 0 Å². The van der Waals surface area contributed by atoms with Crippen LogP contribution < -0.4 is 25.0 Å². The lowest BCUT2D eigenvalue weighted by molar-refractivity contribution is -0.123. The van der Waals surface area contributed by atoms with Gasteiger partial charge in [-0.1, -0.05) is 13.8 Å². The van der Waals surface area contributed by atoms with Gasteiger partial charge in [0.2, 0.25) is 11.8 Å². The summed E-state index contributed by atoms with van der Waals surface area (Å²) in [6.07, 6.45) is 0. The molecule has 2 N–H and O–H groups in total. The second-order valence-corrected chi connectivity index (χ2v) is 5.76. The van der Waals surface area contributed by atoms with Crippen LogP contribution in [0.25, 0.3) is 0 Å². The summed E-state index contributed by atoms with van der Waals surface area (Å²) in [4.78, 5) is 25.7. The number of fused-ring (bicyclic) bond motifs is 1. The minimum atomic E-state index is -0.185. The van der Waals surface area contributed by atoms with E-state index in [0.29, 0.717) is 29.6 Å². The molecule has 0 aromatic heterocycles. The van der Waals surface area contributed by atoms with Crippen LogP contribution in [0.15, 0.2) is 12.1 Å². The van der Waals surface area contributed by atoms with Crippen LogP contribution in [0, 0.1) is 5.92 Å². The highest BCUT2D eigenvalue weighted by molar-refractivity contribution is 6.06. The van der Waals surface area contributed by atoms with Crippen LogP contribution in [0.1, 0.15) is 13.8 Å². The number of nitrogens with zero attached hydrogens (tertiary/aromatic N) is 1. The first-order valence-electron chi connectivity index (χ1n) is 7.53. The van der Waals surface area contributed by atoms with E-state index in [1.54, 1.807) is 19.2 Å². The molecule has 2 amide bonds. The maximum absolute atomic E-state index is 12.2. The van der Waals surface area contributed by atoms with Crippen molar-refractivity contribution in [2.75, 3.05) is 44.1 Å². The lowest BCUT2D eigenvalue weighted by Crippen LogP contribution is -2.46. The van der Waals surface area contributed by atoms with E-state index >= 15 is 0 Å². The van der Waals surface area contributed by atoms with Gasteiger partial charge in [0.1, 0.15) is 6.54 Å². The first kappa shape index (κ1) is 16.9. The maximum Gasteiger partial charge on any atom is 0.246 e. The van der Waals surface area contributed by atoms with Crippen molar-refractivity contribution < 1.29 is 19.1 Å². The number of carbonyl (C=O) groups is 2. The predicted octanol–water partition coefficient (Wildman–Crippen LogP) is 1.23. The Kier molecular flexibility index (Phi) is 5.31. The van der Waals surface area contributed by atoms with Gasteiger partial charge in [0.15, 0.2) is 11.5 Å². The number of hydrogen-bond acceptors (Lipinski definition) is 5. The molecule has 1 aliphatic rings. The summed E-state index contributed by atoms with van der Waals surface area (Å²) in [5, 5.41) is 5.86. The standard InChI is InChI=1S/C16H23N3O4/c1-10(2)7-18-15(20)9-19-12-6-14(23-4)13(22-3)5-11(12)17-8-16(19)21/h5-6,10,17H,7-9H2,1-4H3,(H,18,20). The van der Waals surface area contributed by atoms with Gasteiger partial charge in [0, 0.05) is 18.7 Å².